The van der Waals surface area contributed by atoms with Crippen molar-refractivity contribution >= 4 is 33.0 Å². The average Bonchev–Trinajstić information content (AvgIpc) is 2.87. The molecule has 0 bridgehead atoms. The van der Waals surface area contributed by atoms with Gasteiger partial charge in [0.1, 0.15) is 10.8 Å². The highest BCUT2D eigenvalue weighted by Gasteiger charge is 2.16. The first-order valence-electron chi connectivity index (χ1n) is 6.15. The molecule has 2 aromatic heterocycles. The monoisotopic (exact) mass is 341 g/mol. The predicted molar refractivity (Wildman–Crippen MR) is 79.6 cm³/mol. The van der Waals surface area contributed by atoms with E-state index in [1.165, 1.54) is 0 Å². The van der Waals surface area contributed by atoms with Gasteiger partial charge in [-0.2, -0.15) is 5.10 Å². The highest BCUT2D eigenvalue weighted by molar-refractivity contribution is 9.10. The second-order valence-corrected chi connectivity index (χ2v) is 6.17. The zero-order valence-electron chi connectivity index (χ0n) is 11.2. The van der Waals surface area contributed by atoms with Crippen LogP contribution < -0.4 is 0 Å². The Balaban J connectivity index is 2.10. The van der Waals surface area contributed by atoms with Crippen molar-refractivity contribution in [3.63, 3.8) is 0 Å². The highest BCUT2D eigenvalue weighted by Crippen LogP contribution is 2.22. The Kier molecular flexibility index (Phi) is 4.52. The minimum absolute atomic E-state index is 0.171. The largest absolute Gasteiger partial charge is 0.299 e. The van der Waals surface area contributed by atoms with Crippen LogP contribution in [-0.4, -0.2) is 20.5 Å². The third kappa shape index (κ3) is 3.30. The van der Waals surface area contributed by atoms with E-state index < -0.39 is 0 Å². The fourth-order valence-electron chi connectivity index (χ4n) is 1.94. The van der Waals surface area contributed by atoms with Crippen LogP contribution in [0.3, 0.4) is 0 Å². The molecule has 0 amide bonds. The van der Waals surface area contributed by atoms with Crippen molar-refractivity contribution in [2.24, 2.45) is 0 Å². The predicted octanol–water partition coefficient (Wildman–Crippen LogP) is 3.09. The van der Waals surface area contributed by atoms with Crippen LogP contribution >= 0.6 is 27.3 Å². The molecule has 0 atom stereocenters. The van der Waals surface area contributed by atoms with Gasteiger partial charge in [0.05, 0.1) is 22.3 Å². The summed E-state index contributed by atoms with van der Waals surface area (Å²) in [5, 5.41) is 7.26. The van der Waals surface area contributed by atoms with Gasteiger partial charge in [0, 0.05) is 24.0 Å². The van der Waals surface area contributed by atoms with Gasteiger partial charge in [-0.15, -0.1) is 11.3 Å². The Morgan fingerprint density at radius 2 is 2.16 bits per heavy atom. The number of Topliss-reactive ketones (excluding diaryl/α,β-unsaturated/α-hetero) is 1. The molecule has 0 N–H and O–H groups in total. The summed E-state index contributed by atoms with van der Waals surface area (Å²) in [5.41, 5.74) is 2.86. The molecule has 6 heteroatoms. The Bertz CT molecular complexity index is 603. The molecule has 19 heavy (non-hydrogen) atoms. The number of carbonyl (C=O) groups excluding carboxylic acids is 1. The van der Waals surface area contributed by atoms with E-state index in [0.717, 1.165) is 33.1 Å². The second kappa shape index (κ2) is 5.96. The lowest BCUT2D eigenvalue weighted by Crippen LogP contribution is -2.11. The fraction of sp³-hybridized carbons (Fsp3) is 0.462. The van der Waals surface area contributed by atoms with Crippen molar-refractivity contribution in [3.8, 4) is 0 Å². The van der Waals surface area contributed by atoms with Gasteiger partial charge in [0.15, 0.2) is 0 Å². The second-order valence-electron chi connectivity index (χ2n) is 4.44. The number of aryl methyl sites for hydroxylation is 3. The van der Waals surface area contributed by atoms with Crippen molar-refractivity contribution in [2.75, 3.05) is 0 Å². The maximum atomic E-state index is 12.1. The lowest BCUT2D eigenvalue weighted by atomic mass is 10.1. The summed E-state index contributed by atoms with van der Waals surface area (Å²) >= 11 is 5.05. The summed E-state index contributed by atoms with van der Waals surface area (Å²) in [6.07, 6.45) is 0.798. The van der Waals surface area contributed by atoms with E-state index in [0.29, 0.717) is 12.8 Å². The molecule has 2 aromatic rings. The molecule has 0 spiro atoms. The minimum Gasteiger partial charge on any atom is -0.299 e. The molecular formula is C13H16BrN3OS. The van der Waals surface area contributed by atoms with Gasteiger partial charge in [-0.1, -0.05) is 0 Å². The van der Waals surface area contributed by atoms with Crippen LogP contribution in [0.25, 0.3) is 0 Å². The number of thiazole rings is 1. The van der Waals surface area contributed by atoms with E-state index in [2.05, 4.69) is 26.0 Å². The van der Waals surface area contributed by atoms with Crippen molar-refractivity contribution in [1.82, 2.24) is 14.8 Å². The Hall–Kier alpha value is -1.01. The number of carbonyl (C=O) groups is 1. The zero-order valence-corrected chi connectivity index (χ0v) is 13.6. The number of ketones is 1. The minimum atomic E-state index is 0.171. The van der Waals surface area contributed by atoms with E-state index in [4.69, 9.17) is 0 Å². The lowest BCUT2D eigenvalue weighted by Gasteiger charge is -2.04. The number of rotatable bonds is 5. The smallest absolute Gasteiger partial charge is 0.145 e. The SMILES string of the molecule is CCn1nc(C)c(Br)c1CC(=O)Cc1nc(C)cs1. The van der Waals surface area contributed by atoms with Crippen molar-refractivity contribution in [2.45, 2.75) is 40.2 Å². The zero-order chi connectivity index (χ0) is 14.0. The molecule has 4 nitrogen and oxygen atoms in total. The Morgan fingerprint density at radius 1 is 1.42 bits per heavy atom. The molecular weight excluding hydrogens is 326 g/mol. The van der Waals surface area contributed by atoms with Crippen LogP contribution in [-0.2, 0) is 24.2 Å². The molecule has 102 valence electrons. The van der Waals surface area contributed by atoms with E-state index in [9.17, 15) is 4.79 Å². The lowest BCUT2D eigenvalue weighted by molar-refractivity contribution is -0.117. The van der Waals surface area contributed by atoms with Gasteiger partial charge < -0.3 is 0 Å². The van der Waals surface area contributed by atoms with Gasteiger partial charge in [0.25, 0.3) is 0 Å². The number of aromatic nitrogens is 3. The molecule has 0 saturated heterocycles. The van der Waals surface area contributed by atoms with Crippen LogP contribution in [0.15, 0.2) is 9.85 Å². The van der Waals surface area contributed by atoms with Crippen molar-refractivity contribution in [1.29, 1.82) is 0 Å². The Morgan fingerprint density at radius 3 is 2.74 bits per heavy atom. The normalized spacial score (nSPS) is 10.9. The first kappa shape index (κ1) is 14.4. The average molecular weight is 342 g/mol. The molecule has 0 aliphatic rings. The van der Waals surface area contributed by atoms with E-state index in [-0.39, 0.29) is 5.78 Å². The van der Waals surface area contributed by atoms with Crippen LogP contribution in [0.2, 0.25) is 0 Å². The third-order valence-corrected chi connectivity index (χ3v) is 4.83. The van der Waals surface area contributed by atoms with E-state index in [1.54, 1.807) is 11.3 Å². The topological polar surface area (TPSA) is 47.8 Å². The van der Waals surface area contributed by atoms with Gasteiger partial charge in [-0.25, -0.2) is 4.98 Å². The number of hydrogen-bond acceptors (Lipinski definition) is 4. The third-order valence-electron chi connectivity index (χ3n) is 2.83. The van der Waals surface area contributed by atoms with Crippen LogP contribution in [0.5, 0.6) is 0 Å². The first-order chi connectivity index (χ1) is 9.01. The summed E-state index contributed by atoms with van der Waals surface area (Å²) in [7, 11) is 0. The summed E-state index contributed by atoms with van der Waals surface area (Å²) in [6.45, 7) is 6.67. The molecule has 2 heterocycles. The summed E-state index contributed by atoms with van der Waals surface area (Å²) in [4.78, 5) is 16.5. The summed E-state index contributed by atoms with van der Waals surface area (Å²) in [5.74, 6) is 0.171. The maximum absolute atomic E-state index is 12.1. The molecule has 2 rings (SSSR count). The van der Waals surface area contributed by atoms with Gasteiger partial charge in [-0.3, -0.25) is 9.48 Å². The highest BCUT2D eigenvalue weighted by atomic mass is 79.9. The van der Waals surface area contributed by atoms with E-state index in [1.807, 2.05) is 30.8 Å². The Labute approximate surface area is 125 Å². The summed E-state index contributed by atoms with van der Waals surface area (Å²) < 4.78 is 2.82. The van der Waals surface area contributed by atoms with Crippen LogP contribution in [0, 0.1) is 13.8 Å². The van der Waals surface area contributed by atoms with Crippen molar-refractivity contribution in [3.05, 3.63) is 31.9 Å². The van der Waals surface area contributed by atoms with Gasteiger partial charge in [0.2, 0.25) is 0 Å². The number of hydrogen-bond donors (Lipinski definition) is 0. The summed E-state index contributed by atoms with van der Waals surface area (Å²) in [6, 6.07) is 0. The van der Waals surface area contributed by atoms with Gasteiger partial charge >= 0.3 is 0 Å². The molecule has 0 aliphatic carbocycles. The number of nitrogens with zero attached hydrogens (tertiary/aromatic N) is 3. The molecule has 0 aliphatic heterocycles. The number of halogens is 1. The molecule has 0 fully saturated rings. The molecule has 0 radical (unpaired) electrons. The maximum Gasteiger partial charge on any atom is 0.145 e. The van der Waals surface area contributed by atoms with Crippen LogP contribution in [0.4, 0.5) is 0 Å². The molecule has 0 aromatic carbocycles. The van der Waals surface area contributed by atoms with E-state index >= 15 is 0 Å². The first-order valence-corrected chi connectivity index (χ1v) is 7.83. The molecule has 0 saturated carbocycles. The fourth-order valence-corrected chi connectivity index (χ4v) is 3.16. The van der Waals surface area contributed by atoms with Crippen LogP contribution in [0.1, 0.15) is 29.0 Å². The van der Waals surface area contributed by atoms with Gasteiger partial charge in [-0.05, 0) is 36.7 Å². The quantitative estimate of drug-likeness (QED) is 0.839. The molecule has 0 unspecified atom stereocenters. The van der Waals surface area contributed by atoms with Crippen molar-refractivity contribution < 1.29 is 4.79 Å². The standard InChI is InChI=1S/C13H16BrN3OS/c1-4-17-11(13(14)9(3)16-17)5-10(18)6-12-15-8(2)7-19-12/h7H,4-6H2,1-3H3.